The first kappa shape index (κ1) is 14.9. The summed E-state index contributed by atoms with van der Waals surface area (Å²) in [7, 11) is -3.63. The number of hydrogen-bond donors (Lipinski definition) is 2. The van der Waals surface area contributed by atoms with Crippen molar-refractivity contribution in [3.63, 3.8) is 0 Å². The third-order valence-corrected chi connectivity index (χ3v) is 5.05. The maximum Gasteiger partial charge on any atom is 0.261 e. The van der Waals surface area contributed by atoms with Gasteiger partial charge in [-0.1, -0.05) is 6.07 Å². The Morgan fingerprint density at radius 2 is 1.86 bits per heavy atom. The van der Waals surface area contributed by atoms with Gasteiger partial charge in [0.1, 0.15) is 0 Å². The largest absolute Gasteiger partial charge is 0.329 e. The van der Waals surface area contributed by atoms with Crippen LogP contribution in [0.2, 0.25) is 5.28 Å². The fraction of sp³-hybridized carbons (Fsp3) is 0.133. The van der Waals surface area contributed by atoms with E-state index in [4.69, 9.17) is 11.6 Å². The summed E-state index contributed by atoms with van der Waals surface area (Å²) in [6.07, 6.45) is 0. The molecule has 0 fully saturated rings. The van der Waals surface area contributed by atoms with Gasteiger partial charge < -0.3 is 4.98 Å². The van der Waals surface area contributed by atoms with E-state index in [1.807, 2.05) is 13.8 Å². The number of nitrogens with zero attached hydrogens (tertiary/aromatic N) is 1. The number of fused-ring (bicyclic) bond motifs is 1. The molecule has 0 aliphatic heterocycles. The minimum Gasteiger partial charge on any atom is -0.329 e. The molecule has 1 aromatic heterocycles. The van der Waals surface area contributed by atoms with Crippen LogP contribution in [0, 0.1) is 13.8 Å². The maximum absolute atomic E-state index is 12.4. The van der Waals surface area contributed by atoms with Crippen LogP contribution >= 0.6 is 11.6 Å². The number of halogens is 1. The molecule has 1 heterocycles. The molecule has 0 amide bonds. The number of anilines is 1. The molecule has 7 heteroatoms. The monoisotopic (exact) mass is 335 g/mol. The number of sulfonamides is 1. The highest BCUT2D eigenvalue weighted by Gasteiger charge is 2.15. The summed E-state index contributed by atoms with van der Waals surface area (Å²) in [5, 5.41) is 0.268. The second kappa shape index (κ2) is 5.30. The molecule has 0 saturated heterocycles. The van der Waals surface area contributed by atoms with E-state index in [0.29, 0.717) is 16.7 Å². The molecule has 22 heavy (non-hydrogen) atoms. The lowest BCUT2D eigenvalue weighted by atomic mass is 10.1. The predicted octanol–water partition coefficient (Wildman–Crippen LogP) is 3.63. The van der Waals surface area contributed by atoms with Gasteiger partial charge in [0.2, 0.25) is 5.28 Å². The van der Waals surface area contributed by atoms with Gasteiger partial charge in [0.05, 0.1) is 21.6 Å². The summed E-state index contributed by atoms with van der Waals surface area (Å²) in [5.41, 5.74) is 3.78. The van der Waals surface area contributed by atoms with Crippen LogP contribution in [0.5, 0.6) is 0 Å². The number of aryl methyl sites for hydroxylation is 2. The Labute approximate surface area is 133 Å². The van der Waals surface area contributed by atoms with E-state index in [1.54, 1.807) is 36.4 Å². The van der Waals surface area contributed by atoms with E-state index in [1.165, 1.54) is 0 Å². The van der Waals surface area contributed by atoms with Gasteiger partial charge in [-0.05, 0) is 66.9 Å². The molecule has 5 nitrogen and oxygen atoms in total. The first-order valence-electron chi connectivity index (χ1n) is 6.60. The number of rotatable bonds is 3. The second-order valence-corrected chi connectivity index (χ2v) is 7.15. The van der Waals surface area contributed by atoms with Crippen molar-refractivity contribution in [2.75, 3.05) is 4.72 Å². The van der Waals surface area contributed by atoms with Crippen LogP contribution in [0.3, 0.4) is 0 Å². The molecule has 0 radical (unpaired) electrons. The van der Waals surface area contributed by atoms with Crippen molar-refractivity contribution in [3.8, 4) is 0 Å². The first-order valence-corrected chi connectivity index (χ1v) is 8.46. The third-order valence-electron chi connectivity index (χ3n) is 3.49. The van der Waals surface area contributed by atoms with E-state index < -0.39 is 10.0 Å². The zero-order chi connectivity index (χ0) is 15.9. The van der Waals surface area contributed by atoms with Crippen LogP contribution in [-0.2, 0) is 10.0 Å². The Morgan fingerprint density at radius 1 is 1.09 bits per heavy atom. The van der Waals surface area contributed by atoms with E-state index in [9.17, 15) is 8.42 Å². The predicted molar refractivity (Wildman–Crippen MR) is 87.8 cm³/mol. The highest BCUT2D eigenvalue weighted by molar-refractivity contribution is 7.92. The molecule has 114 valence electrons. The van der Waals surface area contributed by atoms with Gasteiger partial charge >= 0.3 is 0 Å². The number of nitrogens with one attached hydrogen (secondary N) is 2. The molecule has 0 atom stereocenters. The Hall–Kier alpha value is -2.05. The standard InChI is InChI=1S/C15H14ClN3O2S/c1-9-3-5-12(7-10(9)2)22(20,21)19-11-4-6-13-14(8-11)18-15(16)17-13/h3-8,19H,1-2H3,(H,17,18). The van der Waals surface area contributed by atoms with Gasteiger partial charge in [0, 0.05) is 0 Å². The molecule has 2 aromatic carbocycles. The molecular formula is C15H14ClN3O2S. The minimum atomic E-state index is -3.63. The van der Waals surface area contributed by atoms with Crippen LogP contribution < -0.4 is 4.72 Å². The van der Waals surface area contributed by atoms with Crippen molar-refractivity contribution >= 4 is 38.3 Å². The SMILES string of the molecule is Cc1ccc(S(=O)(=O)Nc2ccc3nc(Cl)[nH]c3c2)cc1C. The van der Waals surface area contributed by atoms with E-state index in [0.717, 1.165) is 11.1 Å². The number of H-pyrrole nitrogens is 1. The maximum atomic E-state index is 12.4. The van der Waals surface area contributed by atoms with Gasteiger partial charge in [-0.3, -0.25) is 4.72 Å². The number of imidazole rings is 1. The molecule has 0 aliphatic carbocycles. The topological polar surface area (TPSA) is 74.8 Å². The van der Waals surface area contributed by atoms with Crippen molar-refractivity contribution in [3.05, 3.63) is 52.8 Å². The molecule has 0 saturated carbocycles. The van der Waals surface area contributed by atoms with Crippen molar-refractivity contribution in [1.29, 1.82) is 0 Å². The average Bonchev–Trinajstić information content (AvgIpc) is 2.80. The van der Waals surface area contributed by atoms with Crippen molar-refractivity contribution in [2.24, 2.45) is 0 Å². The quantitative estimate of drug-likeness (QED) is 0.767. The normalized spacial score (nSPS) is 11.8. The van der Waals surface area contributed by atoms with Crippen LogP contribution in [0.15, 0.2) is 41.3 Å². The number of hydrogen-bond acceptors (Lipinski definition) is 3. The van der Waals surface area contributed by atoms with Gasteiger partial charge in [-0.2, -0.15) is 0 Å². The van der Waals surface area contributed by atoms with E-state index in [-0.39, 0.29) is 10.2 Å². The third kappa shape index (κ3) is 2.80. The zero-order valence-corrected chi connectivity index (χ0v) is 13.6. The first-order chi connectivity index (χ1) is 10.3. The van der Waals surface area contributed by atoms with Crippen molar-refractivity contribution < 1.29 is 8.42 Å². The zero-order valence-electron chi connectivity index (χ0n) is 12.0. The number of aromatic nitrogens is 2. The Bertz CT molecular complexity index is 964. The lowest BCUT2D eigenvalue weighted by Crippen LogP contribution is -2.13. The summed E-state index contributed by atoms with van der Waals surface area (Å²) in [5.74, 6) is 0. The fourth-order valence-corrected chi connectivity index (χ4v) is 3.46. The Morgan fingerprint density at radius 3 is 2.59 bits per heavy atom. The molecular weight excluding hydrogens is 322 g/mol. The molecule has 0 bridgehead atoms. The molecule has 0 spiro atoms. The smallest absolute Gasteiger partial charge is 0.261 e. The van der Waals surface area contributed by atoms with Gasteiger partial charge in [0.15, 0.2) is 0 Å². The highest BCUT2D eigenvalue weighted by atomic mass is 35.5. The van der Waals surface area contributed by atoms with Gasteiger partial charge in [-0.25, -0.2) is 13.4 Å². The summed E-state index contributed by atoms with van der Waals surface area (Å²) in [6.45, 7) is 3.82. The van der Waals surface area contributed by atoms with E-state index >= 15 is 0 Å². The summed E-state index contributed by atoms with van der Waals surface area (Å²) in [6, 6.07) is 10.1. The van der Waals surface area contributed by atoms with Crippen molar-refractivity contribution in [2.45, 2.75) is 18.7 Å². The summed E-state index contributed by atoms with van der Waals surface area (Å²) < 4.78 is 27.5. The van der Waals surface area contributed by atoms with E-state index in [2.05, 4.69) is 14.7 Å². The molecule has 0 unspecified atom stereocenters. The summed E-state index contributed by atoms with van der Waals surface area (Å²) >= 11 is 5.79. The lowest BCUT2D eigenvalue weighted by Gasteiger charge is -2.09. The van der Waals surface area contributed by atoms with Crippen LogP contribution in [0.25, 0.3) is 11.0 Å². The van der Waals surface area contributed by atoms with Gasteiger partial charge in [0.25, 0.3) is 10.0 Å². The lowest BCUT2D eigenvalue weighted by molar-refractivity contribution is 0.601. The van der Waals surface area contributed by atoms with Crippen LogP contribution in [-0.4, -0.2) is 18.4 Å². The molecule has 3 rings (SSSR count). The molecule has 0 aliphatic rings. The minimum absolute atomic E-state index is 0.235. The number of benzene rings is 2. The molecule has 2 N–H and O–H groups in total. The van der Waals surface area contributed by atoms with Crippen LogP contribution in [0.1, 0.15) is 11.1 Å². The number of aromatic amines is 1. The highest BCUT2D eigenvalue weighted by Crippen LogP contribution is 2.22. The second-order valence-electron chi connectivity index (χ2n) is 5.11. The average molecular weight is 336 g/mol. The molecule has 3 aromatic rings. The van der Waals surface area contributed by atoms with Crippen molar-refractivity contribution in [1.82, 2.24) is 9.97 Å². The van der Waals surface area contributed by atoms with Crippen LogP contribution in [0.4, 0.5) is 5.69 Å². The fourth-order valence-electron chi connectivity index (χ4n) is 2.14. The Kier molecular flexibility index (Phi) is 3.58. The van der Waals surface area contributed by atoms with Gasteiger partial charge in [-0.15, -0.1) is 0 Å². The Balaban J connectivity index is 1.96. The summed E-state index contributed by atoms with van der Waals surface area (Å²) in [4.78, 5) is 7.16.